The van der Waals surface area contributed by atoms with E-state index >= 15 is 0 Å². The number of aromatic nitrogens is 2. The summed E-state index contributed by atoms with van der Waals surface area (Å²) in [5.41, 5.74) is 3.90. The van der Waals surface area contributed by atoms with E-state index in [0.717, 1.165) is 6.54 Å². The first-order valence-corrected chi connectivity index (χ1v) is 5.85. The Kier molecular flexibility index (Phi) is 4.94. The quantitative estimate of drug-likeness (QED) is 0.693. The summed E-state index contributed by atoms with van der Waals surface area (Å²) in [4.78, 5) is 0. The molecule has 17 heavy (non-hydrogen) atoms. The van der Waals surface area contributed by atoms with Crippen molar-refractivity contribution >= 4 is 0 Å². The average Bonchev–Trinajstić information content (AvgIpc) is 2.67. The first-order valence-electron chi connectivity index (χ1n) is 5.85. The van der Waals surface area contributed by atoms with Gasteiger partial charge in [-0.25, -0.2) is 9.13 Å². The summed E-state index contributed by atoms with van der Waals surface area (Å²) in [6.45, 7) is 7.57. The lowest BCUT2D eigenvalue weighted by Gasteiger charge is -2.01. The molecule has 2 aromatic rings. The van der Waals surface area contributed by atoms with E-state index in [2.05, 4.69) is 66.8 Å². The van der Waals surface area contributed by atoms with Crippen LogP contribution < -0.4 is 21.5 Å². The van der Waals surface area contributed by atoms with Gasteiger partial charge in [-0.3, -0.25) is 0 Å². The van der Waals surface area contributed by atoms with Gasteiger partial charge < -0.3 is 17.0 Å². The molecule has 92 valence electrons. The van der Waals surface area contributed by atoms with E-state index in [9.17, 15) is 0 Å². The predicted molar refractivity (Wildman–Crippen MR) is 65.7 cm³/mol. The van der Waals surface area contributed by atoms with E-state index in [1.54, 1.807) is 0 Å². The maximum atomic E-state index is 2.22. The number of nitrogens with zero attached hydrogens (tertiary/aromatic N) is 2. The van der Waals surface area contributed by atoms with E-state index in [1.807, 2.05) is 0 Å². The van der Waals surface area contributed by atoms with Crippen LogP contribution in [0.2, 0.25) is 0 Å². The molecule has 0 aliphatic heterocycles. The molecule has 0 unspecified atom stereocenters. The highest BCUT2D eigenvalue weighted by molar-refractivity contribution is 5.42. The molecule has 2 nitrogen and oxygen atoms in total. The van der Waals surface area contributed by atoms with Gasteiger partial charge >= 0.3 is 0 Å². The summed E-state index contributed by atoms with van der Waals surface area (Å²) in [6.07, 6.45) is 7.57. The first-order chi connectivity index (χ1) is 7.70. The lowest BCUT2D eigenvalue weighted by Crippen LogP contribution is -3.00. The molecule has 0 saturated heterocycles. The van der Waals surface area contributed by atoms with Crippen LogP contribution in [0.1, 0.15) is 24.5 Å². The predicted octanol–water partition coefficient (Wildman–Crippen LogP) is -0.204. The minimum absolute atomic E-state index is 0. The molecule has 1 aromatic carbocycles. The summed E-state index contributed by atoms with van der Waals surface area (Å²) in [5.74, 6) is 0. The van der Waals surface area contributed by atoms with Crippen molar-refractivity contribution in [1.29, 1.82) is 0 Å². The number of aryl methyl sites for hydroxylation is 3. The monoisotopic (exact) mass is 294 g/mol. The zero-order valence-corrected chi connectivity index (χ0v) is 12.2. The zero-order chi connectivity index (χ0) is 11.5. The SMILES string of the molecule is CCC[n+]1ccn(-c2ccc(C)cc2C)c1.[Br-]. The summed E-state index contributed by atoms with van der Waals surface area (Å²) in [6, 6.07) is 6.56. The highest BCUT2D eigenvalue weighted by atomic mass is 79.9. The van der Waals surface area contributed by atoms with Crippen LogP contribution in [0.4, 0.5) is 0 Å². The standard InChI is InChI=1S/C14H19N2.BrH/c1-4-7-15-8-9-16(11-15)14-6-5-12(2)10-13(14)3;/h5-6,8-11H,4,7H2,1-3H3;1H/q+1;/p-1. The van der Waals surface area contributed by atoms with Gasteiger partial charge in [-0.2, -0.15) is 0 Å². The van der Waals surface area contributed by atoms with Crippen molar-refractivity contribution in [3.8, 4) is 5.69 Å². The number of hydrogen-bond donors (Lipinski definition) is 0. The van der Waals surface area contributed by atoms with Crippen molar-refractivity contribution in [2.75, 3.05) is 0 Å². The molecule has 0 bridgehead atoms. The fraction of sp³-hybridized carbons (Fsp3) is 0.357. The Hall–Kier alpha value is -1.09. The second-order valence-electron chi connectivity index (χ2n) is 4.35. The summed E-state index contributed by atoms with van der Waals surface area (Å²) < 4.78 is 4.41. The lowest BCUT2D eigenvalue weighted by atomic mass is 10.1. The van der Waals surface area contributed by atoms with E-state index in [1.165, 1.54) is 23.2 Å². The number of rotatable bonds is 3. The molecular formula is C14H19BrN2. The third-order valence-corrected chi connectivity index (χ3v) is 2.80. The molecule has 0 spiro atoms. The molecular weight excluding hydrogens is 276 g/mol. The highest BCUT2D eigenvalue weighted by Crippen LogP contribution is 2.14. The van der Waals surface area contributed by atoms with Crippen LogP contribution in [0.3, 0.4) is 0 Å². The summed E-state index contributed by atoms with van der Waals surface area (Å²) >= 11 is 0. The van der Waals surface area contributed by atoms with Crippen LogP contribution >= 0.6 is 0 Å². The molecule has 3 heteroatoms. The van der Waals surface area contributed by atoms with Gasteiger partial charge in [0, 0.05) is 0 Å². The molecule has 2 rings (SSSR count). The third-order valence-electron chi connectivity index (χ3n) is 2.80. The topological polar surface area (TPSA) is 8.81 Å². The molecule has 0 N–H and O–H groups in total. The molecule has 0 aliphatic rings. The number of halogens is 1. The Labute approximate surface area is 114 Å². The van der Waals surface area contributed by atoms with Crippen LogP contribution in [0, 0.1) is 13.8 Å². The van der Waals surface area contributed by atoms with Crippen molar-refractivity contribution in [1.82, 2.24) is 4.57 Å². The Balaban J connectivity index is 0.00000144. The van der Waals surface area contributed by atoms with Gasteiger partial charge in [-0.05, 0) is 31.9 Å². The number of imidazole rings is 1. The van der Waals surface area contributed by atoms with Crippen molar-refractivity contribution < 1.29 is 21.5 Å². The highest BCUT2D eigenvalue weighted by Gasteiger charge is 2.08. The molecule has 1 aromatic heterocycles. The second-order valence-corrected chi connectivity index (χ2v) is 4.35. The molecule has 0 saturated carbocycles. The van der Waals surface area contributed by atoms with E-state index < -0.39 is 0 Å². The maximum Gasteiger partial charge on any atom is 0.248 e. The van der Waals surface area contributed by atoms with Crippen LogP contribution in [0.15, 0.2) is 36.9 Å². The van der Waals surface area contributed by atoms with Crippen LogP contribution in [0.25, 0.3) is 5.69 Å². The van der Waals surface area contributed by atoms with Crippen molar-refractivity contribution in [3.05, 3.63) is 48.0 Å². The smallest absolute Gasteiger partial charge is 0.248 e. The summed E-state index contributed by atoms with van der Waals surface area (Å²) in [7, 11) is 0. The van der Waals surface area contributed by atoms with Crippen LogP contribution in [-0.4, -0.2) is 4.57 Å². The van der Waals surface area contributed by atoms with Gasteiger partial charge in [0.1, 0.15) is 18.1 Å². The Bertz CT molecular complexity index is 489. The normalized spacial score (nSPS) is 10.1. The van der Waals surface area contributed by atoms with Gasteiger partial charge in [0.25, 0.3) is 0 Å². The van der Waals surface area contributed by atoms with Gasteiger partial charge in [-0.1, -0.05) is 24.6 Å². The second kappa shape index (κ2) is 6.01. The van der Waals surface area contributed by atoms with Gasteiger partial charge in [-0.15, -0.1) is 0 Å². The molecule has 0 fully saturated rings. The Morgan fingerprint density at radius 1 is 1.24 bits per heavy atom. The lowest BCUT2D eigenvalue weighted by molar-refractivity contribution is -0.696. The van der Waals surface area contributed by atoms with E-state index in [-0.39, 0.29) is 17.0 Å². The molecule has 1 heterocycles. The number of benzene rings is 1. The minimum Gasteiger partial charge on any atom is -1.00 e. The molecule has 0 amide bonds. The van der Waals surface area contributed by atoms with E-state index in [0.29, 0.717) is 0 Å². The van der Waals surface area contributed by atoms with Crippen LogP contribution in [-0.2, 0) is 6.54 Å². The summed E-state index contributed by atoms with van der Waals surface area (Å²) in [5, 5.41) is 0. The van der Waals surface area contributed by atoms with E-state index in [4.69, 9.17) is 0 Å². The average molecular weight is 295 g/mol. The van der Waals surface area contributed by atoms with Gasteiger partial charge in [0.05, 0.1) is 6.54 Å². The molecule has 0 atom stereocenters. The van der Waals surface area contributed by atoms with Crippen molar-refractivity contribution in [2.45, 2.75) is 33.7 Å². The van der Waals surface area contributed by atoms with Crippen molar-refractivity contribution in [2.24, 2.45) is 0 Å². The Morgan fingerprint density at radius 2 is 2.00 bits per heavy atom. The van der Waals surface area contributed by atoms with Crippen LogP contribution in [0.5, 0.6) is 0 Å². The maximum absolute atomic E-state index is 2.22. The molecule has 0 aliphatic carbocycles. The van der Waals surface area contributed by atoms with Crippen molar-refractivity contribution in [3.63, 3.8) is 0 Å². The number of hydrogen-bond acceptors (Lipinski definition) is 0. The van der Waals surface area contributed by atoms with Gasteiger partial charge in [0.15, 0.2) is 0 Å². The first kappa shape index (κ1) is 14.0. The van der Waals surface area contributed by atoms with Gasteiger partial charge in [0.2, 0.25) is 6.33 Å². The zero-order valence-electron chi connectivity index (χ0n) is 10.7. The largest absolute Gasteiger partial charge is 1.00 e. The fourth-order valence-electron chi connectivity index (χ4n) is 2.02. The molecule has 0 radical (unpaired) electrons. The third kappa shape index (κ3) is 3.19. The fourth-order valence-corrected chi connectivity index (χ4v) is 2.02. The minimum atomic E-state index is 0. The Morgan fingerprint density at radius 3 is 2.65 bits per heavy atom.